The van der Waals surface area contributed by atoms with Crippen LogP contribution >= 0.6 is 7.29 Å². The van der Waals surface area contributed by atoms with Crippen LogP contribution in [0.15, 0.2) is 60.7 Å². The van der Waals surface area contributed by atoms with Crippen molar-refractivity contribution in [3.05, 3.63) is 60.7 Å². The molecule has 0 spiro atoms. The van der Waals surface area contributed by atoms with Crippen LogP contribution in [0.25, 0.3) is 0 Å². The number of nitrogens with zero attached hydrogens (tertiary/aromatic N) is 1. The van der Waals surface area contributed by atoms with Gasteiger partial charge >= 0.3 is 0 Å². The van der Waals surface area contributed by atoms with Crippen LogP contribution < -0.4 is 10.6 Å². The predicted molar refractivity (Wildman–Crippen MR) is 87.2 cm³/mol. The molecule has 3 heteroatoms. The van der Waals surface area contributed by atoms with E-state index in [9.17, 15) is 4.57 Å². The fraction of sp³-hybridized carbons (Fsp3) is 0.294. The summed E-state index contributed by atoms with van der Waals surface area (Å²) in [5.41, 5.74) is 0. The van der Waals surface area contributed by atoms with Gasteiger partial charge in [0, 0.05) is 17.2 Å². The topological polar surface area (TPSA) is 20.3 Å². The largest absolute Gasteiger partial charge is 0.296 e. The van der Waals surface area contributed by atoms with Gasteiger partial charge < -0.3 is 0 Å². The van der Waals surface area contributed by atoms with Crippen molar-refractivity contribution in [3.63, 3.8) is 0 Å². The Labute approximate surface area is 121 Å². The molecule has 0 aliphatic carbocycles. The summed E-state index contributed by atoms with van der Waals surface area (Å²) >= 11 is 0. The Morgan fingerprint density at radius 1 is 0.900 bits per heavy atom. The second kappa shape index (κ2) is 6.39. The maximum atomic E-state index is 13.8. The Bertz CT molecular complexity index is 537. The Kier molecular flexibility index (Phi) is 4.80. The van der Waals surface area contributed by atoms with Crippen LogP contribution in [-0.2, 0) is 4.57 Å². The van der Waals surface area contributed by atoms with E-state index in [1.807, 2.05) is 72.4 Å². The van der Waals surface area contributed by atoms with Crippen molar-refractivity contribution in [2.24, 2.45) is 5.92 Å². The molecular formula is C17H22NOP. The van der Waals surface area contributed by atoms with Gasteiger partial charge in [-0.15, -0.1) is 0 Å². The molecule has 0 N–H and O–H groups in total. The first-order valence-corrected chi connectivity index (χ1v) is 8.64. The van der Waals surface area contributed by atoms with Crippen LogP contribution in [-0.4, -0.2) is 18.3 Å². The number of rotatable bonds is 5. The third-order valence-corrected chi connectivity index (χ3v) is 6.44. The molecule has 0 aliphatic rings. The van der Waals surface area contributed by atoms with E-state index in [-0.39, 0.29) is 0 Å². The van der Waals surface area contributed by atoms with Crippen LogP contribution in [0, 0.1) is 5.92 Å². The second-order valence-electron chi connectivity index (χ2n) is 5.48. The van der Waals surface area contributed by atoms with Crippen molar-refractivity contribution >= 4 is 17.9 Å². The lowest BCUT2D eigenvalue weighted by Gasteiger charge is -2.30. The number of hydrogen-bond acceptors (Lipinski definition) is 1. The van der Waals surface area contributed by atoms with Crippen LogP contribution in [0.4, 0.5) is 0 Å². The quantitative estimate of drug-likeness (QED) is 0.784. The molecule has 0 radical (unpaired) electrons. The maximum absolute atomic E-state index is 13.8. The lowest BCUT2D eigenvalue weighted by atomic mass is 10.2. The van der Waals surface area contributed by atoms with Crippen molar-refractivity contribution < 1.29 is 4.57 Å². The molecule has 0 atom stereocenters. The molecule has 2 rings (SSSR count). The van der Waals surface area contributed by atoms with Crippen LogP contribution in [0.3, 0.4) is 0 Å². The average molecular weight is 287 g/mol. The third-order valence-electron chi connectivity index (χ3n) is 3.32. The molecule has 2 aromatic rings. The fourth-order valence-corrected chi connectivity index (χ4v) is 5.24. The minimum atomic E-state index is -2.74. The van der Waals surface area contributed by atoms with Gasteiger partial charge in [-0.3, -0.25) is 4.57 Å². The van der Waals surface area contributed by atoms with Crippen LogP contribution in [0.2, 0.25) is 0 Å². The zero-order valence-corrected chi connectivity index (χ0v) is 13.3. The molecule has 0 fully saturated rings. The summed E-state index contributed by atoms with van der Waals surface area (Å²) in [6.45, 7) is 5.11. The smallest absolute Gasteiger partial charge is 0.206 e. The predicted octanol–water partition coefficient (Wildman–Crippen LogP) is 3.50. The fourth-order valence-electron chi connectivity index (χ4n) is 2.45. The Balaban J connectivity index is 2.52. The van der Waals surface area contributed by atoms with Crippen molar-refractivity contribution in [1.29, 1.82) is 0 Å². The summed E-state index contributed by atoms with van der Waals surface area (Å²) in [6, 6.07) is 19.6. The molecule has 2 nitrogen and oxygen atoms in total. The molecule has 0 heterocycles. The molecule has 0 saturated carbocycles. The molecule has 2 aromatic carbocycles. The minimum absolute atomic E-state index is 0.473. The van der Waals surface area contributed by atoms with Gasteiger partial charge in [0.2, 0.25) is 7.29 Å². The zero-order chi connectivity index (χ0) is 14.6. The number of benzene rings is 2. The third kappa shape index (κ3) is 3.03. The van der Waals surface area contributed by atoms with Gasteiger partial charge in [0.1, 0.15) is 0 Å². The van der Waals surface area contributed by atoms with Gasteiger partial charge in [0.25, 0.3) is 0 Å². The van der Waals surface area contributed by atoms with E-state index in [1.165, 1.54) is 0 Å². The van der Waals surface area contributed by atoms with Crippen molar-refractivity contribution in [3.8, 4) is 0 Å². The van der Waals surface area contributed by atoms with E-state index < -0.39 is 7.29 Å². The van der Waals surface area contributed by atoms with Crippen LogP contribution in [0.5, 0.6) is 0 Å². The molecule has 0 bridgehead atoms. The first-order valence-electron chi connectivity index (χ1n) is 6.98. The summed E-state index contributed by atoms with van der Waals surface area (Å²) in [7, 11) is -0.777. The van der Waals surface area contributed by atoms with Gasteiger partial charge in [0.05, 0.1) is 0 Å². The highest BCUT2D eigenvalue weighted by molar-refractivity contribution is 7.76. The van der Waals surface area contributed by atoms with E-state index in [0.717, 1.165) is 17.2 Å². The molecule has 106 valence electrons. The summed E-state index contributed by atoms with van der Waals surface area (Å²) in [4.78, 5) is 0. The summed E-state index contributed by atoms with van der Waals surface area (Å²) < 4.78 is 15.8. The average Bonchev–Trinajstić information content (AvgIpc) is 2.47. The van der Waals surface area contributed by atoms with E-state index in [1.54, 1.807) is 0 Å². The second-order valence-corrected chi connectivity index (χ2v) is 8.35. The van der Waals surface area contributed by atoms with Gasteiger partial charge in [-0.2, -0.15) is 0 Å². The Morgan fingerprint density at radius 3 is 1.65 bits per heavy atom. The summed E-state index contributed by atoms with van der Waals surface area (Å²) in [6.07, 6.45) is 0. The molecule has 0 aromatic heterocycles. The van der Waals surface area contributed by atoms with Crippen molar-refractivity contribution in [2.45, 2.75) is 13.8 Å². The minimum Gasteiger partial charge on any atom is -0.296 e. The standard InChI is InChI=1S/C17H22NOP/c1-15(2)14-18(3)20(19,16-10-6-4-7-11-16)17-12-8-5-9-13-17/h4-13,15H,14H2,1-3H3. The lowest BCUT2D eigenvalue weighted by molar-refractivity contribution is 0.426. The SMILES string of the molecule is CC(C)CN(C)P(=O)(c1ccccc1)c1ccccc1. The Morgan fingerprint density at radius 2 is 1.30 bits per heavy atom. The molecular weight excluding hydrogens is 265 g/mol. The van der Waals surface area contributed by atoms with E-state index >= 15 is 0 Å². The molecule has 0 amide bonds. The maximum Gasteiger partial charge on any atom is 0.206 e. The number of hydrogen-bond donors (Lipinski definition) is 0. The van der Waals surface area contributed by atoms with Gasteiger partial charge in [-0.1, -0.05) is 50.2 Å². The zero-order valence-electron chi connectivity index (χ0n) is 12.4. The lowest BCUT2D eigenvalue weighted by Crippen LogP contribution is -2.31. The molecule has 0 aliphatic heterocycles. The van der Waals surface area contributed by atoms with E-state index in [2.05, 4.69) is 13.8 Å². The van der Waals surface area contributed by atoms with E-state index in [0.29, 0.717) is 5.92 Å². The van der Waals surface area contributed by atoms with Gasteiger partial charge in [-0.05, 0) is 37.2 Å². The first kappa shape index (κ1) is 15.0. The Hall–Kier alpha value is -1.37. The van der Waals surface area contributed by atoms with Crippen molar-refractivity contribution in [1.82, 2.24) is 4.67 Å². The monoisotopic (exact) mass is 287 g/mol. The summed E-state index contributed by atoms with van der Waals surface area (Å²) in [5.74, 6) is 0.473. The molecule has 0 unspecified atom stereocenters. The highest BCUT2D eigenvalue weighted by Crippen LogP contribution is 2.46. The highest BCUT2D eigenvalue weighted by atomic mass is 31.2. The molecule has 0 saturated heterocycles. The van der Waals surface area contributed by atoms with Crippen molar-refractivity contribution in [2.75, 3.05) is 13.6 Å². The summed E-state index contributed by atoms with van der Waals surface area (Å²) in [5, 5.41) is 1.80. The van der Waals surface area contributed by atoms with E-state index in [4.69, 9.17) is 0 Å². The normalized spacial score (nSPS) is 12.1. The van der Waals surface area contributed by atoms with Gasteiger partial charge in [0.15, 0.2) is 0 Å². The highest BCUT2D eigenvalue weighted by Gasteiger charge is 2.32. The molecule has 20 heavy (non-hydrogen) atoms. The van der Waals surface area contributed by atoms with Crippen LogP contribution in [0.1, 0.15) is 13.8 Å². The van der Waals surface area contributed by atoms with Gasteiger partial charge in [-0.25, -0.2) is 4.67 Å². The first-order chi connectivity index (χ1) is 9.55.